The van der Waals surface area contributed by atoms with Crippen LogP contribution in [0.4, 0.5) is 4.39 Å². The summed E-state index contributed by atoms with van der Waals surface area (Å²) in [4.78, 5) is 13.1. The molecule has 0 saturated carbocycles. The van der Waals surface area contributed by atoms with Crippen molar-refractivity contribution in [3.05, 3.63) is 33.6 Å². The molecule has 0 spiro atoms. The summed E-state index contributed by atoms with van der Waals surface area (Å²) in [6, 6.07) is 2.58. The third-order valence-corrected chi connectivity index (χ3v) is 3.60. The minimum Gasteiger partial charge on any atom is -0.370 e. The summed E-state index contributed by atoms with van der Waals surface area (Å²) < 4.78 is 19.0. The Balaban J connectivity index is 0.00000200. The lowest BCUT2D eigenvalue weighted by molar-refractivity contribution is -0.137. The first-order valence-corrected chi connectivity index (χ1v) is 6.52. The molecule has 1 heterocycles. The van der Waals surface area contributed by atoms with E-state index in [4.69, 9.17) is 33.7 Å². The number of nitrogens with two attached hydrogens (primary N) is 1. The van der Waals surface area contributed by atoms with Crippen molar-refractivity contribution in [2.75, 3.05) is 26.2 Å². The van der Waals surface area contributed by atoms with Gasteiger partial charge in [-0.1, -0.05) is 23.2 Å². The van der Waals surface area contributed by atoms with Gasteiger partial charge >= 0.3 is 0 Å². The average Bonchev–Trinajstić information content (AvgIpc) is 2.42. The van der Waals surface area contributed by atoms with Gasteiger partial charge in [0.1, 0.15) is 11.9 Å². The molecule has 0 radical (unpaired) electrons. The fourth-order valence-electron chi connectivity index (χ4n) is 1.98. The van der Waals surface area contributed by atoms with E-state index in [9.17, 15) is 9.18 Å². The highest BCUT2D eigenvalue weighted by molar-refractivity contribution is 6.35. The molecule has 112 valence electrons. The Bertz CT molecular complexity index is 502. The number of benzene rings is 1. The summed E-state index contributed by atoms with van der Waals surface area (Å²) in [5.41, 5.74) is 5.81. The van der Waals surface area contributed by atoms with Gasteiger partial charge in [0.25, 0.3) is 0 Å². The number of hydrogen-bond donors (Lipinski definition) is 1. The molecular formula is C12H14Cl3FN2O2. The number of carbonyl (C=O) groups is 1. The van der Waals surface area contributed by atoms with Gasteiger partial charge in [0.05, 0.1) is 24.7 Å². The molecule has 1 amide bonds. The minimum absolute atomic E-state index is 0. The molecule has 2 N–H and O–H groups in total. The largest absolute Gasteiger partial charge is 0.370 e. The zero-order chi connectivity index (χ0) is 14.0. The molecule has 8 heteroatoms. The van der Waals surface area contributed by atoms with Crippen LogP contribution in [0.1, 0.15) is 11.7 Å². The first-order chi connectivity index (χ1) is 9.02. The van der Waals surface area contributed by atoms with Gasteiger partial charge < -0.3 is 15.4 Å². The molecular weight excluding hydrogens is 330 g/mol. The highest BCUT2D eigenvalue weighted by atomic mass is 35.5. The second kappa shape index (κ2) is 7.43. The highest BCUT2D eigenvalue weighted by Gasteiger charge is 2.26. The molecule has 2 rings (SSSR count). The van der Waals surface area contributed by atoms with Gasteiger partial charge in [-0.25, -0.2) is 4.39 Å². The standard InChI is InChI=1S/C12H13Cl2FN2O2.ClH/c13-8-4-9(14)10(15)3-7(8)11-6-17(1-2-19-11)12(18)5-16;/h3-4,11H,1-2,5-6,16H2;1H. The van der Waals surface area contributed by atoms with Crippen LogP contribution in [0.5, 0.6) is 0 Å². The second-order valence-electron chi connectivity index (χ2n) is 4.19. The normalized spacial score (nSPS) is 18.6. The molecule has 1 atom stereocenters. The lowest BCUT2D eigenvalue weighted by atomic mass is 10.1. The van der Waals surface area contributed by atoms with E-state index in [1.807, 2.05) is 0 Å². The summed E-state index contributed by atoms with van der Waals surface area (Å²) in [5.74, 6) is -0.731. The Morgan fingerprint density at radius 3 is 2.80 bits per heavy atom. The third-order valence-electron chi connectivity index (χ3n) is 2.98. The maximum Gasteiger partial charge on any atom is 0.236 e. The number of ether oxygens (including phenoxy) is 1. The Labute approximate surface area is 132 Å². The van der Waals surface area contributed by atoms with Crippen LogP contribution in [0.15, 0.2) is 12.1 Å². The van der Waals surface area contributed by atoms with E-state index in [0.717, 1.165) is 0 Å². The minimum atomic E-state index is -0.563. The van der Waals surface area contributed by atoms with Crippen LogP contribution in [-0.4, -0.2) is 37.0 Å². The van der Waals surface area contributed by atoms with Crippen LogP contribution in [0.3, 0.4) is 0 Å². The molecule has 1 aromatic carbocycles. The molecule has 4 nitrogen and oxygen atoms in total. The predicted octanol–water partition coefficient (Wildman–Crippen LogP) is 2.41. The molecule has 20 heavy (non-hydrogen) atoms. The lowest BCUT2D eigenvalue weighted by Crippen LogP contribution is -2.44. The van der Waals surface area contributed by atoms with Crippen molar-refractivity contribution in [2.24, 2.45) is 5.73 Å². The number of hydrogen-bond acceptors (Lipinski definition) is 3. The van der Waals surface area contributed by atoms with Crippen LogP contribution in [0.2, 0.25) is 10.0 Å². The predicted molar refractivity (Wildman–Crippen MR) is 78.0 cm³/mol. The molecule has 0 aliphatic carbocycles. The number of carbonyl (C=O) groups excluding carboxylic acids is 1. The van der Waals surface area contributed by atoms with Crippen LogP contribution in [-0.2, 0) is 9.53 Å². The quantitative estimate of drug-likeness (QED) is 0.839. The Kier molecular flexibility index (Phi) is 6.48. The fourth-order valence-corrected chi connectivity index (χ4v) is 2.48. The molecule has 1 aromatic rings. The zero-order valence-electron chi connectivity index (χ0n) is 10.4. The number of morpholine rings is 1. The summed E-state index contributed by atoms with van der Waals surface area (Å²) in [6.07, 6.45) is -0.469. The molecule has 0 aromatic heterocycles. The van der Waals surface area contributed by atoms with Gasteiger partial charge in [-0.2, -0.15) is 0 Å². The van der Waals surface area contributed by atoms with Gasteiger partial charge in [0.2, 0.25) is 5.91 Å². The lowest BCUT2D eigenvalue weighted by Gasteiger charge is -2.33. The fraction of sp³-hybridized carbons (Fsp3) is 0.417. The van der Waals surface area contributed by atoms with Crippen molar-refractivity contribution < 1.29 is 13.9 Å². The summed E-state index contributed by atoms with van der Waals surface area (Å²) in [6.45, 7) is 1.07. The van der Waals surface area contributed by atoms with Gasteiger partial charge in [-0.3, -0.25) is 4.79 Å². The van der Waals surface area contributed by atoms with Gasteiger partial charge in [0.15, 0.2) is 0 Å². The van der Waals surface area contributed by atoms with Crippen LogP contribution < -0.4 is 5.73 Å². The second-order valence-corrected chi connectivity index (χ2v) is 5.01. The van der Waals surface area contributed by atoms with E-state index in [-0.39, 0.29) is 29.9 Å². The van der Waals surface area contributed by atoms with Gasteiger partial charge in [-0.15, -0.1) is 12.4 Å². The first kappa shape index (κ1) is 17.5. The maximum absolute atomic E-state index is 13.5. The van der Waals surface area contributed by atoms with Crippen molar-refractivity contribution in [3.63, 3.8) is 0 Å². The summed E-state index contributed by atoms with van der Waals surface area (Å²) >= 11 is 11.7. The van der Waals surface area contributed by atoms with Crippen LogP contribution in [0.25, 0.3) is 0 Å². The van der Waals surface area contributed by atoms with Gasteiger partial charge in [0, 0.05) is 17.1 Å². The van der Waals surface area contributed by atoms with E-state index < -0.39 is 11.9 Å². The van der Waals surface area contributed by atoms with Crippen molar-refractivity contribution in [3.8, 4) is 0 Å². The number of halogens is 4. The van der Waals surface area contributed by atoms with E-state index in [2.05, 4.69) is 0 Å². The zero-order valence-corrected chi connectivity index (χ0v) is 12.8. The molecule has 1 unspecified atom stereocenters. The highest BCUT2D eigenvalue weighted by Crippen LogP contribution is 2.32. The molecule has 0 bridgehead atoms. The van der Waals surface area contributed by atoms with Crippen molar-refractivity contribution in [1.29, 1.82) is 0 Å². The maximum atomic E-state index is 13.5. The Hall–Kier alpha value is -0.590. The van der Waals surface area contributed by atoms with E-state index in [1.54, 1.807) is 4.90 Å². The molecule has 1 aliphatic rings. The summed E-state index contributed by atoms with van der Waals surface area (Å²) in [5, 5.41) is 0.276. The van der Waals surface area contributed by atoms with Gasteiger partial charge in [-0.05, 0) is 12.1 Å². The Morgan fingerprint density at radius 2 is 2.15 bits per heavy atom. The SMILES string of the molecule is Cl.NCC(=O)N1CCOC(c2cc(F)c(Cl)cc2Cl)C1. The van der Waals surface area contributed by atoms with Crippen LogP contribution in [0, 0.1) is 5.82 Å². The molecule has 1 saturated heterocycles. The number of nitrogens with zero attached hydrogens (tertiary/aromatic N) is 1. The molecule has 1 aliphatic heterocycles. The third kappa shape index (κ3) is 3.74. The topological polar surface area (TPSA) is 55.6 Å². The van der Waals surface area contributed by atoms with E-state index >= 15 is 0 Å². The monoisotopic (exact) mass is 342 g/mol. The van der Waals surface area contributed by atoms with E-state index in [0.29, 0.717) is 30.3 Å². The smallest absolute Gasteiger partial charge is 0.236 e. The Morgan fingerprint density at radius 1 is 1.45 bits per heavy atom. The summed E-state index contributed by atoms with van der Waals surface area (Å²) in [7, 11) is 0. The first-order valence-electron chi connectivity index (χ1n) is 5.76. The number of rotatable bonds is 2. The van der Waals surface area contributed by atoms with Crippen molar-refractivity contribution >= 4 is 41.5 Å². The molecule has 1 fully saturated rings. The van der Waals surface area contributed by atoms with Crippen LogP contribution >= 0.6 is 35.6 Å². The average molecular weight is 344 g/mol. The number of amides is 1. The van der Waals surface area contributed by atoms with E-state index in [1.165, 1.54) is 12.1 Å². The van der Waals surface area contributed by atoms with Crippen molar-refractivity contribution in [2.45, 2.75) is 6.10 Å². The van der Waals surface area contributed by atoms with Crippen molar-refractivity contribution in [1.82, 2.24) is 4.90 Å².